The van der Waals surface area contributed by atoms with Crippen LogP contribution in [-0.4, -0.2) is 58.1 Å². The lowest BCUT2D eigenvalue weighted by molar-refractivity contribution is 0.0827. The molecule has 27 heavy (non-hydrogen) atoms. The third-order valence-corrected chi connectivity index (χ3v) is 4.26. The van der Waals surface area contributed by atoms with Crippen LogP contribution in [0.2, 0.25) is 0 Å². The lowest BCUT2D eigenvalue weighted by Gasteiger charge is -2.24. The first-order chi connectivity index (χ1) is 13.0. The van der Waals surface area contributed by atoms with Gasteiger partial charge in [0, 0.05) is 45.9 Å². The van der Waals surface area contributed by atoms with Crippen molar-refractivity contribution in [1.82, 2.24) is 24.5 Å². The SMILES string of the molecule is CCN(Cc1ccc(C(=O)N(C)C)cc1)c1cc(COC)nc2ncnn12. The van der Waals surface area contributed by atoms with Crippen molar-refractivity contribution in [2.24, 2.45) is 0 Å². The Hall–Kier alpha value is -3.00. The van der Waals surface area contributed by atoms with E-state index in [0.29, 0.717) is 24.5 Å². The zero-order valence-electron chi connectivity index (χ0n) is 16.1. The number of hydrogen-bond acceptors (Lipinski definition) is 6. The molecule has 0 radical (unpaired) electrons. The maximum absolute atomic E-state index is 12.0. The molecule has 2 heterocycles. The van der Waals surface area contributed by atoms with E-state index in [0.717, 1.165) is 23.6 Å². The average molecular weight is 368 g/mol. The molecule has 0 atom stereocenters. The van der Waals surface area contributed by atoms with E-state index in [1.54, 1.807) is 30.6 Å². The van der Waals surface area contributed by atoms with Gasteiger partial charge in [0.1, 0.15) is 12.1 Å². The summed E-state index contributed by atoms with van der Waals surface area (Å²) in [7, 11) is 5.14. The quantitative estimate of drug-likeness (QED) is 0.635. The average Bonchev–Trinajstić information content (AvgIpc) is 3.14. The lowest BCUT2D eigenvalue weighted by atomic mass is 10.1. The predicted molar refractivity (Wildman–Crippen MR) is 103 cm³/mol. The Bertz CT molecular complexity index is 920. The van der Waals surface area contributed by atoms with E-state index in [1.165, 1.54) is 6.33 Å². The monoisotopic (exact) mass is 368 g/mol. The van der Waals surface area contributed by atoms with Crippen LogP contribution in [0.25, 0.3) is 5.78 Å². The van der Waals surface area contributed by atoms with Gasteiger partial charge in [0.05, 0.1) is 12.3 Å². The Morgan fingerprint density at radius 2 is 1.96 bits per heavy atom. The first-order valence-corrected chi connectivity index (χ1v) is 8.77. The van der Waals surface area contributed by atoms with Crippen LogP contribution in [0.15, 0.2) is 36.7 Å². The first-order valence-electron chi connectivity index (χ1n) is 8.77. The summed E-state index contributed by atoms with van der Waals surface area (Å²) < 4.78 is 6.95. The van der Waals surface area contributed by atoms with Gasteiger partial charge in [-0.1, -0.05) is 12.1 Å². The van der Waals surface area contributed by atoms with Crippen LogP contribution in [0.1, 0.15) is 28.5 Å². The van der Waals surface area contributed by atoms with Crippen molar-refractivity contribution in [2.45, 2.75) is 20.1 Å². The molecule has 3 aromatic rings. The van der Waals surface area contributed by atoms with Gasteiger partial charge in [-0.15, -0.1) is 0 Å². The molecular weight excluding hydrogens is 344 g/mol. The van der Waals surface area contributed by atoms with Crippen LogP contribution in [0.3, 0.4) is 0 Å². The molecule has 0 saturated carbocycles. The van der Waals surface area contributed by atoms with Gasteiger partial charge in [-0.05, 0) is 24.6 Å². The smallest absolute Gasteiger partial charge is 0.254 e. The van der Waals surface area contributed by atoms with Gasteiger partial charge >= 0.3 is 0 Å². The normalized spacial score (nSPS) is 11.0. The number of rotatable bonds is 7. The minimum Gasteiger partial charge on any atom is -0.378 e. The van der Waals surface area contributed by atoms with Crippen molar-refractivity contribution < 1.29 is 9.53 Å². The molecule has 1 amide bonds. The van der Waals surface area contributed by atoms with Crippen molar-refractivity contribution in [3.05, 3.63) is 53.5 Å². The summed E-state index contributed by atoms with van der Waals surface area (Å²) in [5.74, 6) is 1.45. The Morgan fingerprint density at radius 1 is 1.22 bits per heavy atom. The summed E-state index contributed by atoms with van der Waals surface area (Å²) in [4.78, 5) is 24.5. The summed E-state index contributed by atoms with van der Waals surface area (Å²) in [6.45, 7) is 3.96. The molecule has 1 aromatic carbocycles. The number of nitrogens with zero attached hydrogens (tertiary/aromatic N) is 6. The topological polar surface area (TPSA) is 75.9 Å². The standard InChI is InChI=1S/C19H24N6O2/c1-5-24(11-14-6-8-15(9-7-14)18(26)23(2)3)17-10-16(12-27-4)22-19-20-13-21-25(17)19/h6-10,13H,5,11-12H2,1-4H3. The number of carbonyl (C=O) groups excluding carboxylic acids is 1. The van der Waals surface area contributed by atoms with Crippen LogP contribution < -0.4 is 4.90 Å². The van der Waals surface area contributed by atoms with Gasteiger partial charge < -0.3 is 14.5 Å². The summed E-state index contributed by atoms with van der Waals surface area (Å²) in [5, 5.41) is 4.30. The fourth-order valence-corrected chi connectivity index (χ4v) is 2.88. The van der Waals surface area contributed by atoms with E-state index in [9.17, 15) is 4.79 Å². The number of fused-ring (bicyclic) bond motifs is 1. The number of aromatic nitrogens is 4. The largest absolute Gasteiger partial charge is 0.378 e. The first kappa shape index (κ1) is 18.8. The zero-order chi connectivity index (χ0) is 19.4. The highest BCUT2D eigenvalue weighted by Crippen LogP contribution is 2.19. The van der Waals surface area contributed by atoms with Gasteiger partial charge in [-0.2, -0.15) is 14.6 Å². The van der Waals surface area contributed by atoms with Gasteiger partial charge in [0.15, 0.2) is 0 Å². The van der Waals surface area contributed by atoms with Crippen molar-refractivity contribution in [2.75, 3.05) is 32.6 Å². The van der Waals surface area contributed by atoms with E-state index < -0.39 is 0 Å². The van der Waals surface area contributed by atoms with E-state index in [2.05, 4.69) is 26.9 Å². The minimum absolute atomic E-state index is 0.00318. The van der Waals surface area contributed by atoms with Crippen LogP contribution >= 0.6 is 0 Å². The molecule has 0 aliphatic heterocycles. The highest BCUT2D eigenvalue weighted by molar-refractivity contribution is 5.93. The molecule has 142 valence electrons. The molecule has 0 aliphatic rings. The van der Waals surface area contributed by atoms with Crippen LogP contribution in [0.5, 0.6) is 0 Å². The summed E-state index contributed by atoms with van der Waals surface area (Å²) in [6.07, 6.45) is 1.50. The van der Waals surface area contributed by atoms with Crippen LogP contribution in [0.4, 0.5) is 5.82 Å². The number of methoxy groups -OCH3 is 1. The molecule has 0 N–H and O–H groups in total. The number of carbonyl (C=O) groups is 1. The van der Waals surface area contributed by atoms with Crippen molar-refractivity contribution in [1.29, 1.82) is 0 Å². The van der Waals surface area contributed by atoms with E-state index in [1.807, 2.05) is 30.3 Å². The number of anilines is 1. The highest BCUT2D eigenvalue weighted by atomic mass is 16.5. The minimum atomic E-state index is -0.00318. The molecule has 0 bridgehead atoms. The van der Waals surface area contributed by atoms with Gasteiger partial charge in [-0.25, -0.2) is 4.98 Å². The summed E-state index contributed by atoms with van der Waals surface area (Å²) >= 11 is 0. The Morgan fingerprint density at radius 3 is 2.59 bits per heavy atom. The van der Waals surface area contributed by atoms with E-state index >= 15 is 0 Å². The fraction of sp³-hybridized carbons (Fsp3) is 0.368. The van der Waals surface area contributed by atoms with E-state index in [-0.39, 0.29) is 5.91 Å². The number of benzene rings is 1. The Kier molecular flexibility index (Phi) is 5.66. The lowest BCUT2D eigenvalue weighted by Crippen LogP contribution is -2.25. The van der Waals surface area contributed by atoms with Crippen molar-refractivity contribution in [3.8, 4) is 0 Å². The Balaban J connectivity index is 1.88. The fourth-order valence-electron chi connectivity index (χ4n) is 2.88. The molecule has 8 nitrogen and oxygen atoms in total. The maximum Gasteiger partial charge on any atom is 0.254 e. The molecule has 0 aliphatic carbocycles. The van der Waals surface area contributed by atoms with Crippen LogP contribution in [0, 0.1) is 0 Å². The third kappa shape index (κ3) is 4.06. The second kappa shape index (κ2) is 8.13. The van der Waals surface area contributed by atoms with Gasteiger partial charge in [-0.3, -0.25) is 4.79 Å². The van der Waals surface area contributed by atoms with Crippen molar-refractivity contribution in [3.63, 3.8) is 0 Å². The van der Waals surface area contributed by atoms with Crippen LogP contribution in [-0.2, 0) is 17.9 Å². The Labute approximate surface area is 158 Å². The van der Waals surface area contributed by atoms with Crippen molar-refractivity contribution >= 4 is 17.5 Å². The van der Waals surface area contributed by atoms with Gasteiger partial charge in [0.25, 0.3) is 11.7 Å². The second-order valence-corrected chi connectivity index (χ2v) is 6.42. The summed E-state index contributed by atoms with van der Waals surface area (Å²) in [6, 6.07) is 9.65. The van der Waals surface area contributed by atoms with E-state index in [4.69, 9.17) is 4.74 Å². The molecule has 2 aromatic heterocycles. The molecule has 8 heteroatoms. The summed E-state index contributed by atoms with van der Waals surface area (Å²) in [5.41, 5.74) is 2.58. The zero-order valence-corrected chi connectivity index (χ0v) is 16.1. The number of amides is 1. The highest BCUT2D eigenvalue weighted by Gasteiger charge is 2.14. The maximum atomic E-state index is 12.0. The molecule has 0 saturated heterocycles. The predicted octanol–water partition coefficient (Wildman–Crippen LogP) is 2.00. The molecular formula is C19H24N6O2. The molecule has 0 unspecified atom stereocenters. The third-order valence-electron chi connectivity index (χ3n) is 4.26. The molecule has 0 spiro atoms. The van der Waals surface area contributed by atoms with Gasteiger partial charge in [0.2, 0.25) is 0 Å². The molecule has 3 rings (SSSR count). The second-order valence-electron chi connectivity index (χ2n) is 6.42. The molecule has 0 fully saturated rings. The number of hydrogen-bond donors (Lipinski definition) is 0. The number of ether oxygens (including phenoxy) is 1.